The molecule has 0 aromatic heterocycles. The lowest BCUT2D eigenvalue weighted by Crippen LogP contribution is -2.54. The minimum atomic E-state index is -1.06. The van der Waals surface area contributed by atoms with E-state index in [0.717, 1.165) is 30.0 Å². The summed E-state index contributed by atoms with van der Waals surface area (Å²) >= 11 is 1.54. The van der Waals surface area contributed by atoms with Gasteiger partial charge in [-0.2, -0.15) is 0 Å². The van der Waals surface area contributed by atoms with Crippen molar-refractivity contribution in [3.8, 4) is 5.75 Å². The summed E-state index contributed by atoms with van der Waals surface area (Å²) in [4.78, 5) is 52.6. The minimum absolute atomic E-state index is 0.163. The summed E-state index contributed by atoms with van der Waals surface area (Å²) in [6.07, 6.45) is 8.07. The average Bonchev–Trinajstić information content (AvgIpc) is 3.41. The number of likely N-dealkylation sites (tertiary alicyclic amines) is 1. The van der Waals surface area contributed by atoms with Crippen molar-refractivity contribution in [2.24, 2.45) is 11.8 Å². The molecule has 3 aromatic rings. The van der Waals surface area contributed by atoms with Crippen molar-refractivity contribution >= 4 is 46.5 Å². The molecular formula is C41H46N4O5S. The Morgan fingerprint density at radius 1 is 0.804 bits per heavy atom. The van der Waals surface area contributed by atoms with Crippen molar-refractivity contribution in [3.63, 3.8) is 0 Å². The lowest BCUT2D eigenvalue weighted by atomic mass is 9.74. The van der Waals surface area contributed by atoms with E-state index < -0.39 is 33.4 Å². The van der Waals surface area contributed by atoms with Crippen molar-refractivity contribution in [3.05, 3.63) is 109 Å². The van der Waals surface area contributed by atoms with E-state index in [-0.39, 0.29) is 24.3 Å². The second kappa shape index (κ2) is 13.9. The van der Waals surface area contributed by atoms with Gasteiger partial charge in [-0.15, -0.1) is 11.8 Å². The van der Waals surface area contributed by atoms with Gasteiger partial charge in [-0.05, 0) is 81.8 Å². The van der Waals surface area contributed by atoms with Gasteiger partial charge in [-0.25, -0.2) is 0 Å². The lowest BCUT2D eigenvalue weighted by Gasteiger charge is -2.40. The van der Waals surface area contributed by atoms with Gasteiger partial charge in [-0.3, -0.25) is 14.4 Å². The largest absolute Gasteiger partial charge is 0.494 e. The number of thioether (sulfide) groups is 1. The van der Waals surface area contributed by atoms with Crippen LogP contribution in [0.1, 0.15) is 39.3 Å². The van der Waals surface area contributed by atoms with Crippen LogP contribution < -0.4 is 19.4 Å². The van der Waals surface area contributed by atoms with E-state index in [0.29, 0.717) is 31.1 Å². The molecule has 7 rings (SSSR count). The molecule has 0 aliphatic carbocycles. The second-order valence-electron chi connectivity index (χ2n) is 13.7. The number of benzene rings is 3. The summed E-state index contributed by atoms with van der Waals surface area (Å²) in [5.41, 5.74) is 3.25. The fourth-order valence-corrected chi connectivity index (χ4v) is 10.8. The third-order valence-electron chi connectivity index (χ3n) is 10.9. The van der Waals surface area contributed by atoms with E-state index in [1.165, 1.54) is 0 Å². The second-order valence-corrected chi connectivity index (χ2v) is 15.5. The Bertz CT molecular complexity index is 1830. The Balaban J connectivity index is 1.33. The predicted molar refractivity (Wildman–Crippen MR) is 203 cm³/mol. The van der Waals surface area contributed by atoms with Gasteiger partial charge in [-0.1, -0.05) is 54.6 Å². The molecule has 1 unspecified atom stereocenters. The molecular weight excluding hydrogens is 661 g/mol. The number of ether oxygens (including phenoxy) is 1. The van der Waals surface area contributed by atoms with Crippen LogP contribution in [0.4, 0.5) is 17.1 Å². The van der Waals surface area contributed by atoms with E-state index in [1.807, 2.05) is 111 Å². The fourth-order valence-electron chi connectivity index (χ4n) is 8.61. The molecule has 1 spiro atoms. The quantitative estimate of drug-likeness (QED) is 0.264. The van der Waals surface area contributed by atoms with Crippen LogP contribution in [0.25, 0.3) is 0 Å². The van der Waals surface area contributed by atoms with Gasteiger partial charge in [0.2, 0.25) is 11.8 Å². The summed E-state index contributed by atoms with van der Waals surface area (Å²) in [6.45, 7) is 10.7. The highest BCUT2D eigenvalue weighted by molar-refractivity contribution is 8.02. The lowest BCUT2D eigenvalue weighted by molar-refractivity contribution is -0.142. The van der Waals surface area contributed by atoms with Gasteiger partial charge in [0.25, 0.3) is 5.91 Å². The number of aliphatic hydroxyl groups is 1. The maximum atomic E-state index is 15.2. The van der Waals surface area contributed by atoms with E-state index in [4.69, 9.17) is 4.74 Å². The molecule has 1 N–H and O–H groups in total. The molecule has 2 fully saturated rings. The third-order valence-corrected chi connectivity index (χ3v) is 12.7. The Labute approximate surface area is 304 Å². The molecule has 3 aromatic carbocycles. The van der Waals surface area contributed by atoms with Crippen molar-refractivity contribution < 1.29 is 24.2 Å². The van der Waals surface area contributed by atoms with Crippen LogP contribution in [0, 0.1) is 11.8 Å². The van der Waals surface area contributed by atoms with E-state index in [9.17, 15) is 9.90 Å². The van der Waals surface area contributed by atoms with E-state index in [1.54, 1.807) is 26.5 Å². The number of hydrogen-bond donors (Lipinski definition) is 1. The number of carbonyl (C=O) groups is 3. The Morgan fingerprint density at radius 3 is 2.02 bits per heavy atom. The van der Waals surface area contributed by atoms with Crippen molar-refractivity contribution in [2.75, 3.05) is 54.1 Å². The molecule has 3 amide bonds. The number of carbonyl (C=O) groups excluding carboxylic acids is 3. The molecule has 266 valence electrons. The molecule has 4 heterocycles. The molecule has 4 aliphatic rings. The van der Waals surface area contributed by atoms with Crippen LogP contribution in [0.5, 0.6) is 5.75 Å². The van der Waals surface area contributed by atoms with Crippen LogP contribution in [0.15, 0.2) is 103 Å². The number of anilines is 3. The maximum Gasteiger partial charge on any atom is 0.251 e. The summed E-state index contributed by atoms with van der Waals surface area (Å²) in [6, 6.07) is 23.1. The van der Waals surface area contributed by atoms with Crippen molar-refractivity contribution in [2.45, 2.75) is 49.3 Å². The SMILES string of the molecule is CCOc1ccc(N2CC=C[C@]3(C)S[C@]45C=CCN(c6ccc(N(CC)CC)cc6)C(=O)C4N([C@H](CO)c4ccccc4)C(=O)[C@@H]5[C@@H]3C2=O)cc1. The van der Waals surface area contributed by atoms with Gasteiger partial charge >= 0.3 is 0 Å². The standard InChI is InChI=1S/C41H46N4O5S/c1-5-42(6-2)29-15-17-30(18-16-29)44-26-12-24-41-35(38(48)45(36(41)39(44)49)33(27-46)28-13-9-8-10-14-28)34-37(47)43(25-11-23-40(34,4)51-41)31-19-21-32(22-20-31)50-7-3/h8-24,33-36,46H,5-7,25-27H2,1-4H3/t33-,34-,35+,36?,40+,41+/m1/s1. The topological polar surface area (TPSA) is 93.6 Å². The predicted octanol–water partition coefficient (Wildman–Crippen LogP) is 5.86. The first-order chi connectivity index (χ1) is 24.7. The zero-order valence-electron chi connectivity index (χ0n) is 29.6. The number of fused-ring (bicyclic) bond motifs is 2. The molecule has 0 saturated carbocycles. The molecule has 6 atom stereocenters. The van der Waals surface area contributed by atoms with Gasteiger partial charge in [0, 0.05) is 48.0 Å². The zero-order chi connectivity index (χ0) is 35.9. The monoisotopic (exact) mass is 706 g/mol. The van der Waals surface area contributed by atoms with Gasteiger partial charge < -0.3 is 29.4 Å². The number of rotatable bonds is 10. The van der Waals surface area contributed by atoms with Gasteiger partial charge in [0.1, 0.15) is 11.8 Å². The Morgan fingerprint density at radius 2 is 1.41 bits per heavy atom. The van der Waals surface area contributed by atoms with E-state index >= 15 is 9.59 Å². The normalized spacial score (nSPS) is 27.5. The van der Waals surface area contributed by atoms with E-state index in [2.05, 4.69) is 24.8 Å². The third kappa shape index (κ3) is 5.73. The molecule has 9 nitrogen and oxygen atoms in total. The first-order valence-electron chi connectivity index (χ1n) is 18.0. The van der Waals surface area contributed by atoms with Gasteiger partial charge in [0.15, 0.2) is 0 Å². The van der Waals surface area contributed by atoms with Crippen LogP contribution >= 0.6 is 11.8 Å². The highest BCUT2D eigenvalue weighted by Gasteiger charge is 2.74. The van der Waals surface area contributed by atoms with Gasteiger partial charge in [0.05, 0.1) is 35.8 Å². The Kier molecular flexibility index (Phi) is 9.50. The maximum absolute atomic E-state index is 15.2. The highest BCUT2D eigenvalue weighted by Crippen LogP contribution is 2.66. The fraction of sp³-hybridized carbons (Fsp3) is 0.390. The number of aliphatic hydroxyl groups excluding tert-OH is 1. The first kappa shape index (κ1) is 34.9. The summed E-state index contributed by atoms with van der Waals surface area (Å²) in [5.74, 6) is -1.58. The van der Waals surface area contributed by atoms with Crippen LogP contribution in [0.2, 0.25) is 0 Å². The summed E-state index contributed by atoms with van der Waals surface area (Å²) < 4.78 is 3.82. The van der Waals surface area contributed by atoms with Crippen molar-refractivity contribution in [1.82, 2.24) is 4.90 Å². The molecule has 51 heavy (non-hydrogen) atoms. The van der Waals surface area contributed by atoms with Crippen LogP contribution in [-0.4, -0.2) is 82.7 Å². The van der Waals surface area contributed by atoms with Crippen molar-refractivity contribution in [1.29, 1.82) is 0 Å². The molecule has 0 bridgehead atoms. The van der Waals surface area contributed by atoms with Crippen LogP contribution in [0.3, 0.4) is 0 Å². The summed E-state index contributed by atoms with van der Waals surface area (Å²) in [5, 5.41) is 11.0. The molecule has 4 aliphatic heterocycles. The number of nitrogens with zero attached hydrogens (tertiary/aromatic N) is 4. The molecule has 10 heteroatoms. The number of amides is 3. The first-order valence-corrected chi connectivity index (χ1v) is 18.8. The zero-order valence-corrected chi connectivity index (χ0v) is 30.5. The number of hydrogen-bond acceptors (Lipinski definition) is 7. The molecule has 2 saturated heterocycles. The minimum Gasteiger partial charge on any atom is -0.494 e. The summed E-state index contributed by atoms with van der Waals surface area (Å²) in [7, 11) is 0. The highest BCUT2D eigenvalue weighted by atomic mass is 32.2. The molecule has 0 radical (unpaired) electrons. The average molecular weight is 707 g/mol. The Hall–Kier alpha value is -4.54. The smallest absolute Gasteiger partial charge is 0.251 e. The van der Waals surface area contributed by atoms with Crippen LogP contribution in [-0.2, 0) is 14.4 Å².